The number of hydrogen-bond acceptors (Lipinski definition) is 8. The van der Waals surface area contributed by atoms with Crippen molar-refractivity contribution in [3.63, 3.8) is 0 Å². The van der Waals surface area contributed by atoms with Gasteiger partial charge in [0.2, 0.25) is 5.78 Å². The van der Waals surface area contributed by atoms with Crippen molar-refractivity contribution < 1.29 is 41.4 Å². The van der Waals surface area contributed by atoms with Gasteiger partial charge in [0, 0.05) is 24.7 Å². The van der Waals surface area contributed by atoms with Crippen LogP contribution < -0.4 is 0 Å². The molecule has 0 amide bonds. The third kappa shape index (κ3) is 3.96. The second-order valence-corrected chi connectivity index (χ2v) is 12.2. The van der Waals surface area contributed by atoms with Crippen LogP contribution in [0.5, 0.6) is 0 Å². The fourth-order valence-corrected chi connectivity index (χ4v) is 8.56. The number of carbonyl (C=O) groups is 3. The molecule has 0 bridgehead atoms. The zero-order chi connectivity index (χ0) is 24.4. The van der Waals surface area contributed by atoms with Gasteiger partial charge in [-0.2, -0.15) is 8.42 Å². The largest absolute Gasteiger partial charge is 0.458 e. The topological polar surface area (TPSA) is 144 Å². The number of carbonyl (C=O) groups excluding carboxylic acids is 3. The normalized spacial score (nSPS) is 45.0. The van der Waals surface area contributed by atoms with Crippen LogP contribution in [0, 0.1) is 34.5 Å². The predicted octanol–water partition coefficient (Wildman–Crippen LogP) is 2.26. The van der Waals surface area contributed by atoms with Crippen molar-refractivity contribution in [3.8, 4) is 0 Å². The highest BCUT2D eigenvalue weighted by atomic mass is 32.3. The van der Waals surface area contributed by atoms with Gasteiger partial charge < -0.3 is 9.84 Å². The number of esters is 1. The molecule has 33 heavy (non-hydrogen) atoms. The van der Waals surface area contributed by atoms with Crippen molar-refractivity contribution in [3.05, 3.63) is 0 Å². The van der Waals surface area contributed by atoms with Gasteiger partial charge in [0.05, 0.1) is 6.10 Å². The first-order chi connectivity index (χ1) is 15.2. The van der Waals surface area contributed by atoms with Crippen molar-refractivity contribution in [1.29, 1.82) is 0 Å². The molecule has 0 spiro atoms. The molecule has 8 atom stereocenters. The molecule has 4 fully saturated rings. The van der Waals surface area contributed by atoms with Crippen LogP contribution in [-0.4, -0.2) is 53.9 Å². The zero-order valence-corrected chi connectivity index (χ0v) is 20.2. The lowest BCUT2D eigenvalue weighted by atomic mass is 9.44. The quantitative estimate of drug-likeness (QED) is 0.441. The molecule has 186 valence electrons. The molecule has 4 aliphatic rings. The van der Waals surface area contributed by atoms with Gasteiger partial charge in [-0.15, -0.1) is 0 Å². The molecule has 4 aliphatic carbocycles. The summed E-state index contributed by atoms with van der Waals surface area (Å²) in [5.41, 5.74) is -2.92. The Hall–Kier alpha value is -1.36. The van der Waals surface area contributed by atoms with E-state index in [9.17, 15) is 27.9 Å². The Kier molecular flexibility index (Phi) is 6.08. The van der Waals surface area contributed by atoms with Crippen molar-refractivity contribution in [1.82, 2.24) is 0 Å². The number of aliphatic hydroxyl groups is 1. The minimum absolute atomic E-state index is 0.00366. The molecule has 10 heteroatoms. The number of ether oxygens (including phenoxy) is 1. The van der Waals surface area contributed by atoms with Crippen molar-refractivity contribution in [2.45, 2.75) is 83.8 Å². The molecule has 0 aliphatic heterocycles. The predicted molar refractivity (Wildman–Crippen MR) is 115 cm³/mol. The van der Waals surface area contributed by atoms with E-state index in [2.05, 4.69) is 6.92 Å². The maximum Gasteiger partial charge on any atom is 0.397 e. The monoisotopic (exact) mass is 486 g/mol. The van der Waals surface area contributed by atoms with E-state index < -0.39 is 45.9 Å². The van der Waals surface area contributed by atoms with Crippen molar-refractivity contribution in [2.75, 3.05) is 6.61 Å². The highest BCUT2D eigenvalue weighted by molar-refractivity contribution is 7.80. The highest BCUT2D eigenvalue weighted by Gasteiger charge is 2.69. The van der Waals surface area contributed by atoms with Crippen LogP contribution in [0.2, 0.25) is 0 Å². The van der Waals surface area contributed by atoms with Gasteiger partial charge >= 0.3 is 16.4 Å². The first kappa shape index (κ1) is 24.8. The Labute approximate surface area is 194 Å². The molecule has 0 aromatic carbocycles. The lowest BCUT2D eigenvalue weighted by molar-refractivity contribution is -0.181. The first-order valence-corrected chi connectivity index (χ1v) is 13.2. The summed E-state index contributed by atoms with van der Waals surface area (Å²) in [5, 5.41) is 11.5. The fraction of sp³-hybridized carbons (Fsp3) is 0.870. The molecular formula is C23H34O9S. The van der Waals surface area contributed by atoms with E-state index in [1.165, 1.54) is 6.92 Å². The number of ketones is 2. The van der Waals surface area contributed by atoms with Crippen LogP contribution in [0.25, 0.3) is 0 Å². The van der Waals surface area contributed by atoms with Gasteiger partial charge in [-0.3, -0.25) is 18.9 Å². The number of Topliss-reactive ketones (excluding diaryl/α,β-unsaturated/α-hetero) is 2. The molecule has 4 rings (SSSR count). The Balaban J connectivity index is 1.57. The molecule has 0 unspecified atom stereocenters. The van der Waals surface area contributed by atoms with Crippen LogP contribution >= 0.6 is 0 Å². The Morgan fingerprint density at radius 2 is 1.82 bits per heavy atom. The summed E-state index contributed by atoms with van der Waals surface area (Å²) >= 11 is 0. The molecule has 9 nitrogen and oxygen atoms in total. The first-order valence-electron chi connectivity index (χ1n) is 11.8. The number of rotatable bonds is 5. The molecule has 0 aromatic rings. The summed E-state index contributed by atoms with van der Waals surface area (Å²) in [6.45, 7) is 4.65. The molecule has 2 N–H and O–H groups in total. The lowest BCUT2D eigenvalue weighted by Gasteiger charge is -2.60. The Morgan fingerprint density at radius 1 is 1.12 bits per heavy atom. The van der Waals surface area contributed by atoms with Gasteiger partial charge in [0.15, 0.2) is 6.61 Å². The summed E-state index contributed by atoms with van der Waals surface area (Å²) in [6, 6.07) is 0. The maximum absolute atomic E-state index is 13.6. The highest BCUT2D eigenvalue weighted by Crippen LogP contribution is 2.67. The molecule has 0 saturated heterocycles. The Morgan fingerprint density at radius 3 is 2.45 bits per heavy atom. The number of fused-ring (bicyclic) bond motifs is 5. The Bertz CT molecular complexity index is 961. The van der Waals surface area contributed by atoms with Crippen LogP contribution in [0.15, 0.2) is 0 Å². The van der Waals surface area contributed by atoms with Crippen LogP contribution in [0.3, 0.4) is 0 Å². The average molecular weight is 487 g/mol. The van der Waals surface area contributed by atoms with E-state index >= 15 is 0 Å². The van der Waals surface area contributed by atoms with Crippen molar-refractivity contribution >= 4 is 27.9 Å². The molecule has 4 saturated carbocycles. The van der Waals surface area contributed by atoms with Gasteiger partial charge in [0.25, 0.3) is 0 Å². The van der Waals surface area contributed by atoms with Gasteiger partial charge in [-0.05, 0) is 68.1 Å². The molecule has 0 aromatic heterocycles. The minimum atomic E-state index is -4.52. The van der Waals surface area contributed by atoms with Gasteiger partial charge in [-0.1, -0.05) is 13.8 Å². The van der Waals surface area contributed by atoms with E-state index in [1.807, 2.05) is 6.92 Å². The lowest BCUT2D eigenvalue weighted by Crippen LogP contribution is -2.62. The third-order valence-electron chi connectivity index (χ3n) is 9.58. The van der Waals surface area contributed by atoms with E-state index in [-0.39, 0.29) is 47.7 Å². The zero-order valence-electron chi connectivity index (χ0n) is 19.4. The third-order valence-corrected chi connectivity index (χ3v) is 10.1. The average Bonchev–Trinajstić information content (AvgIpc) is 2.96. The minimum Gasteiger partial charge on any atom is -0.458 e. The summed E-state index contributed by atoms with van der Waals surface area (Å²) in [4.78, 5) is 37.7. The van der Waals surface area contributed by atoms with Crippen molar-refractivity contribution in [2.24, 2.45) is 34.5 Å². The van der Waals surface area contributed by atoms with Gasteiger partial charge in [-0.25, -0.2) is 4.18 Å². The summed E-state index contributed by atoms with van der Waals surface area (Å²) in [5.74, 6) is -1.18. The van der Waals surface area contributed by atoms with E-state index in [0.29, 0.717) is 25.7 Å². The molecule has 0 heterocycles. The summed E-state index contributed by atoms with van der Waals surface area (Å²) in [6.07, 6.45) is 3.45. The van der Waals surface area contributed by atoms with E-state index in [1.54, 1.807) is 0 Å². The SMILES string of the molecule is CC(=O)OCC(=O)[C@@]1(O)CC[C@H]2[C@@H]3CC[C@@H]4C[C@H](OS(=O)(=O)O)CC[C@]4(C)[C@H]3C(=O)C[C@@]21C. The second-order valence-electron chi connectivity index (χ2n) is 11.1. The molecular weight excluding hydrogens is 452 g/mol. The van der Waals surface area contributed by atoms with Crippen LogP contribution in [0.4, 0.5) is 0 Å². The van der Waals surface area contributed by atoms with E-state index in [0.717, 1.165) is 12.8 Å². The maximum atomic E-state index is 13.6. The molecule has 0 radical (unpaired) electrons. The summed E-state index contributed by atoms with van der Waals surface area (Å²) < 4.78 is 41.1. The van der Waals surface area contributed by atoms with E-state index in [4.69, 9.17) is 13.5 Å². The van der Waals surface area contributed by atoms with Crippen LogP contribution in [0.1, 0.15) is 72.1 Å². The summed E-state index contributed by atoms with van der Waals surface area (Å²) in [7, 11) is -4.52. The standard InChI is InChI=1S/C23H34O9S/c1-13(24)31-12-19(26)23(27)9-7-17-16-5-4-14-10-15(32-33(28,29)30)6-8-21(14,2)20(16)18(25)11-22(17,23)3/h14-17,20,27H,4-12H2,1-3H3,(H,28,29,30)/t14-,15-,16+,17+,20-,21+,22+,23+/m1/s1. The number of hydrogen-bond donors (Lipinski definition) is 2. The van der Waals surface area contributed by atoms with Gasteiger partial charge in [0.1, 0.15) is 11.4 Å². The smallest absolute Gasteiger partial charge is 0.397 e. The second kappa shape index (κ2) is 8.10. The van der Waals surface area contributed by atoms with Crippen LogP contribution in [-0.2, 0) is 33.7 Å². The fourth-order valence-electron chi connectivity index (χ4n) is 8.04.